The number of halogens is 4. The molecule has 1 atom stereocenters. The number of carbonyl (C=O) groups is 2. The molecule has 4 rings (SSSR count). The van der Waals surface area contributed by atoms with E-state index < -0.39 is 34.6 Å². The van der Waals surface area contributed by atoms with Gasteiger partial charge in [-0.3, -0.25) is 9.59 Å². The van der Waals surface area contributed by atoms with E-state index in [1.54, 1.807) is 13.0 Å². The van der Waals surface area contributed by atoms with Crippen LogP contribution in [0.2, 0.25) is 5.02 Å². The lowest BCUT2D eigenvalue weighted by Gasteiger charge is -2.11. The number of alkyl halides is 3. The third-order valence-electron chi connectivity index (χ3n) is 4.84. The number of nitrogens with zero attached hydrogens (tertiary/aromatic N) is 4. The molecule has 1 aromatic carbocycles. The molecule has 3 aromatic heterocycles. The summed E-state index contributed by atoms with van der Waals surface area (Å²) in [5, 5.41) is 4.88. The van der Waals surface area contributed by atoms with Crippen LogP contribution in [0.3, 0.4) is 0 Å². The summed E-state index contributed by atoms with van der Waals surface area (Å²) in [6, 6.07) is 10.9. The number of rotatable bonds is 6. The molecule has 13 heteroatoms. The summed E-state index contributed by atoms with van der Waals surface area (Å²) < 4.78 is 39.1. The topological polar surface area (TPSA) is 110 Å². The number of carbonyl (C=O) groups excluding carboxylic acids is 2. The summed E-state index contributed by atoms with van der Waals surface area (Å²) in [5.74, 6) is -1.48. The van der Waals surface area contributed by atoms with Gasteiger partial charge in [0.2, 0.25) is 0 Å². The first-order chi connectivity index (χ1) is 17.1. The third kappa shape index (κ3) is 5.83. The SMILES string of the molecule is CC(NC(=O)c1cc(-c2ccccc2)ncn1)c1ncc(C(=O)Nc2cc(C(F)(F)F)c(Cl)cn2)s1. The van der Waals surface area contributed by atoms with Crippen LogP contribution in [0.4, 0.5) is 19.0 Å². The maximum atomic E-state index is 13.0. The summed E-state index contributed by atoms with van der Waals surface area (Å²) >= 11 is 6.52. The van der Waals surface area contributed by atoms with E-state index >= 15 is 0 Å². The zero-order valence-corrected chi connectivity index (χ0v) is 19.9. The Balaban J connectivity index is 1.43. The highest BCUT2D eigenvalue weighted by atomic mass is 35.5. The van der Waals surface area contributed by atoms with E-state index in [1.807, 2.05) is 30.3 Å². The summed E-state index contributed by atoms with van der Waals surface area (Å²) in [6.07, 6.45) is -1.33. The van der Waals surface area contributed by atoms with Crippen LogP contribution in [-0.4, -0.2) is 31.8 Å². The summed E-state index contributed by atoms with van der Waals surface area (Å²) in [6.45, 7) is 1.67. The van der Waals surface area contributed by atoms with E-state index in [2.05, 4.69) is 30.6 Å². The van der Waals surface area contributed by atoms with Gasteiger partial charge in [0.1, 0.15) is 27.7 Å². The van der Waals surface area contributed by atoms with Crippen LogP contribution in [0.1, 0.15) is 43.7 Å². The Hall–Kier alpha value is -3.90. The minimum Gasteiger partial charge on any atom is -0.342 e. The van der Waals surface area contributed by atoms with Crippen LogP contribution < -0.4 is 10.6 Å². The summed E-state index contributed by atoms with van der Waals surface area (Å²) in [5.41, 5.74) is 0.451. The Morgan fingerprint density at radius 3 is 2.47 bits per heavy atom. The third-order valence-corrected chi connectivity index (χ3v) is 6.32. The molecular formula is C23H16ClF3N6O2S. The van der Waals surface area contributed by atoms with Gasteiger partial charge in [-0.05, 0) is 19.1 Å². The van der Waals surface area contributed by atoms with Gasteiger partial charge in [-0.25, -0.2) is 19.9 Å². The van der Waals surface area contributed by atoms with Crippen molar-refractivity contribution in [2.45, 2.75) is 19.1 Å². The quantitative estimate of drug-likeness (QED) is 0.343. The van der Waals surface area contributed by atoms with E-state index in [-0.39, 0.29) is 16.4 Å². The molecule has 184 valence electrons. The second-order valence-corrected chi connectivity index (χ2v) is 8.88. The zero-order valence-electron chi connectivity index (χ0n) is 18.4. The molecule has 8 nitrogen and oxygen atoms in total. The smallest absolute Gasteiger partial charge is 0.342 e. The molecule has 0 aliphatic heterocycles. The van der Waals surface area contributed by atoms with Crippen LogP contribution in [0.15, 0.2) is 61.2 Å². The fourth-order valence-corrected chi connectivity index (χ4v) is 4.10. The molecule has 0 saturated heterocycles. The molecular weight excluding hydrogens is 517 g/mol. The lowest BCUT2D eigenvalue weighted by Crippen LogP contribution is -2.27. The maximum Gasteiger partial charge on any atom is 0.418 e. The fourth-order valence-electron chi connectivity index (χ4n) is 3.08. The predicted molar refractivity (Wildman–Crippen MR) is 128 cm³/mol. The molecule has 4 aromatic rings. The van der Waals surface area contributed by atoms with E-state index in [1.165, 1.54) is 12.5 Å². The highest BCUT2D eigenvalue weighted by Gasteiger charge is 2.34. The molecule has 1 unspecified atom stereocenters. The Kier molecular flexibility index (Phi) is 7.27. The van der Waals surface area contributed by atoms with Gasteiger partial charge >= 0.3 is 6.18 Å². The molecule has 0 aliphatic carbocycles. The highest BCUT2D eigenvalue weighted by molar-refractivity contribution is 7.13. The Bertz CT molecular complexity index is 1410. The molecule has 0 spiro atoms. The number of hydrogen-bond donors (Lipinski definition) is 2. The summed E-state index contributed by atoms with van der Waals surface area (Å²) in [7, 11) is 0. The van der Waals surface area contributed by atoms with Crippen LogP contribution >= 0.6 is 22.9 Å². The standard InChI is InChI=1S/C23H16ClF3N6O2S/c1-12(32-20(34)17-8-16(30-11-31-17)13-5-3-2-4-6-13)22-29-10-18(36-22)21(35)33-19-7-14(23(25,26)27)15(24)9-28-19/h2-12H,1H3,(H,32,34)(H,28,33,35). The van der Waals surface area contributed by atoms with Crippen LogP contribution in [0.5, 0.6) is 0 Å². The molecule has 0 bridgehead atoms. The van der Waals surface area contributed by atoms with Gasteiger partial charge in [-0.2, -0.15) is 13.2 Å². The van der Waals surface area contributed by atoms with Crippen molar-refractivity contribution in [2.24, 2.45) is 0 Å². The van der Waals surface area contributed by atoms with Crippen molar-refractivity contribution in [1.82, 2.24) is 25.3 Å². The number of pyridine rings is 1. The number of nitrogens with one attached hydrogen (secondary N) is 2. The van der Waals surface area contributed by atoms with Crippen LogP contribution in [0, 0.1) is 0 Å². The average Bonchev–Trinajstić information content (AvgIpc) is 3.36. The van der Waals surface area contributed by atoms with Gasteiger partial charge in [0, 0.05) is 11.8 Å². The molecule has 2 N–H and O–H groups in total. The predicted octanol–water partition coefficient (Wildman–Crippen LogP) is 5.41. The van der Waals surface area contributed by atoms with Crippen molar-refractivity contribution in [1.29, 1.82) is 0 Å². The first-order valence-corrected chi connectivity index (χ1v) is 11.5. The molecule has 0 saturated carbocycles. The van der Waals surface area contributed by atoms with Crippen molar-refractivity contribution >= 4 is 40.6 Å². The number of hydrogen-bond acceptors (Lipinski definition) is 7. The first-order valence-electron chi connectivity index (χ1n) is 10.3. The van der Waals surface area contributed by atoms with Crippen molar-refractivity contribution in [3.8, 4) is 11.3 Å². The van der Waals surface area contributed by atoms with E-state index in [9.17, 15) is 22.8 Å². The van der Waals surface area contributed by atoms with Crippen molar-refractivity contribution < 1.29 is 22.8 Å². The number of aromatic nitrogens is 4. The normalized spacial score (nSPS) is 12.1. The monoisotopic (exact) mass is 532 g/mol. The second kappa shape index (κ2) is 10.4. The number of anilines is 1. The van der Waals surface area contributed by atoms with Crippen molar-refractivity contribution in [3.63, 3.8) is 0 Å². The Morgan fingerprint density at radius 2 is 1.75 bits per heavy atom. The van der Waals surface area contributed by atoms with E-state index in [0.29, 0.717) is 16.8 Å². The minimum absolute atomic E-state index is 0.116. The molecule has 0 radical (unpaired) electrons. The lowest BCUT2D eigenvalue weighted by atomic mass is 10.1. The van der Waals surface area contributed by atoms with Gasteiger partial charge in [-0.15, -0.1) is 11.3 Å². The minimum atomic E-state index is -4.70. The number of amides is 2. The molecule has 2 amide bonds. The number of thiazole rings is 1. The zero-order chi connectivity index (χ0) is 25.9. The molecule has 36 heavy (non-hydrogen) atoms. The molecule has 0 fully saturated rings. The maximum absolute atomic E-state index is 13.0. The fraction of sp³-hybridized carbons (Fsp3) is 0.130. The van der Waals surface area contributed by atoms with Crippen molar-refractivity contribution in [3.05, 3.63) is 87.4 Å². The van der Waals surface area contributed by atoms with Crippen LogP contribution in [0.25, 0.3) is 11.3 Å². The van der Waals surface area contributed by atoms with Crippen LogP contribution in [-0.2, 0) is 6.18 Å². The second-order valence-electron chi connectivity index (χ2n) is 7.41. The number of benzene rings is 1. The van der Waals surface area contributed by atoms with Gasteiger partial charge in [0.15, 0.2) is 0 Å². The lowest BCUT2D eigenvalue weighted by molar-refractivity contribution is -0.137. The van der Waals surface area contributed by atoms with E-state index in [0.717, 1.165) is 23.1 Å². The van der Waals surface area contributed by atoms with Gasteiger partial charge in [0.05, 0.1) is 28.5 Å². The van der Waals surface area contributed by atoms with Gasteiger partial charge < -0.3 is 10.6 Å². The van der Waals surface area contributed by atoms with Gasteiger partial charge in [-0.1, -0.05) is 41.9 Å². The first kappa shape index (κ1) is 25.2. The molecule has 0 aliphatic rings. The molecule has 3 heterocycles. The van der Waals surface area contributed by atoms with E-state index in [4.69, 9.17) is 11.6 Å². The van der Waals surface area contributed by atoms with Gasteiger partial charge in [0.25, 0.3) is 11.8 Å². The average molecular weight is 533 g/mol. The van der Waals surface area contributed by atoms with Crippen molar-refractivity contribution in [2.75, 3.05) is 5.32 Å². The highest BCUT2D eigenvalue weighted by Crippen LogP contribution is 2.35. The summed E-state index contributed by atoms with van der Waals surface area (Å²) in [4.78, 5) is 41.4. The largest absolute Gasteiger partial charge is 0.418 e. The Labute approximate surface area is 211 Å². The Morgan fingerprint density at radius 1 is 1.00 bits per heavy atom.